The third-order valence-electron chi connectivity index (χ3n) is 2.76. The maximum absolute atomic E-state index is 6.10. The van der Waals surface area contributed by atoms with Gasteiger partial charge in [-0.2, -0.15) is 5.10 Å². The van der Waals surface area contributed by atoms with Crippen LogP contribution in [0.2, 0.25) is 5.02 Å². The van der Waals surface area contributed by atoms with Gasteiger partial charge in [0.25, 0.3) is 0 Å². The fraction of sp³-hybridized carbons (Fsp3) is 0.700. The number of hydrogen-bond acceptors (Lipinski definition) is 2. The van der Waals surface area contributed by atoms with E-state index in [4.69, 9.17) is 16.3 Å². The van der Waals surface area contributed by atoms with Gasteiger partial charge in [-0.15, -0.1) is 0 Å². The van der Waals surface area contributed by atoms with Gasteiger partial charge in [-0.25, -0.2) is 0 Å². The summed E-state index contributed by atoms with van der Waals surface area (Å²) in [5.41, 5.74) is 1.02. The summed E-state index contributed by atoms with van der Waals surface area (Å²) in [5.74, 6) is 0. The largest absolute Gasteiger partial charge is 0.368 e. The van der Waals surface area contributed by atoms with Gasteiger partial charge < -0.3 is 4.74 Å². The van der Waals surface area contributed by atoms with Crippen LogP contribution in [0, 0.1) is 0 Å². The molecule has 0 N–H and O–H groups in total. The highest BCUT2D eigenvalue weighted by Gasteiger charge is 2.26. The lowest BCUT2D eigenvalue weighted by molar-refractivity contribution is -0.0413. The first-order chi connectivity index (χ1) is 7.22. The van der Waals surface area contributed by atoms with Crippen LogP contribution in [0.5, 0.6) is 0 Å². The van der Waals surface area contributed by atoms with Crippen molar-refractivity contribution in [1.29, 1.82) is 0 Å². The summed E-state index contributed by atoms with van der Waals surface area (Å²) in [7, 11) is 1.91. The summed E-state index contributed by atoms with van der Waals surface area (Å²) in [6, 6.07) is 0. The molecular formula is C10H14ClIN2O. The van der Waals surface area contributed by atoms with Gasteiger partial charge in [0.05, 0.1) is 23.0 Å². The lowest BCUT2D eigenvalue weighted by atomic mass is 10.0. The molecule has 15 heavy (non-hydrogen) atoms. The number of alkyl halides is 1. The van der Waals surface area contributed by atoms with E-state index in [-0.39, 0.29) is 6.10 Å². The zero-order valence-corrected chi connectivity index (χ0v) is 11.5. The molecule has 2 atom stereocenters. The number of nitrogens with zero attached hydrogens (tertiary/aromatic N) is 2. The van der Waals surface area contributed by atoms with Gasteiger partial charge in [0.1, 0.15) is 6.10 Å². The lowest BCUT2D eigenvalue weighted by Crippen LogP contribution is -2.25. The molecule has 5 heteroatoms. The van der Waals surface area contributed by atoms with Crippen LogP contribution in [0.1, 0.15) is 31.1 Å². The first-order valence-corrected chi connectivity index (χ1v) is 7.01. The van der Waals surface area contributed by atoms with Crippen molar-refractivity contribution in [2.24, 2.45) is 7.05 Å². The van der Waals surface area contributed by atoms with Gasteiger partial charge in [-0.3, -0.25) is 4.68 Å². The molecule has 0 amide bonds. The number of ether oxygens (including phenoxy) is 1. The number of halogens is 2. The molecule has 84 valence electrons. The Hall–Kier alpha value is 0.190. The van der Waals surface area contributed by atoms with Crippen molar-refractivity contribution in [3.8, 4) is 0 Å². The topological polar surface area (TPSA) is 27.1 Å². The smallest absolute Gasteiger partial charge is 0.101 e. The summed E-state index contributed by atoms with van der Waals surface area (Å²) in [5, 5.41) is 4.86. The van der Waals surface area contributed by atoms with E-state index in [9.17, 15) is 0 Å². The monoisotopic (exact) mass is 340 g/mol. The van der Waals surface area contributed by atoms with Gasteiger partial charge in [-0.05, 0) is 19.3 Å². The van der Waals surface area contributed by atoms with Crippen molar-refractivity contribution in [1.82, 2.24) is 9.78 Å². The first kappa shape index (κ1) is 11.7. The second-order valence-corrected chi connectivity index (χ2v) is 5.12. The Morgan fingerprint density at radius 1 is 1.67 bits per heavy atom. The van der Waals surface area contributed by atoms with Gasteiger partial charge in [0.15, 0.2) is 0 Å². The van der Waals surface area contributed by atoms with Crippen LogP contribution in [0.15, 0.2) is 6.20 Å². The van der Waals surface area contributed by atoms with Crippen molar-refractivity contribution >= 4 is 34.2 Å². The number of aromatic nitrogens is 2. The normalized spacial score (nSPS) is 26.9. The summed E-state index contributed by atoms with van der Waals surface area (Å²) in [4.78, 5) is 0. The van der Waals surface area contributed by atoms with Crippen molar-refractivity contribution in [2.75, 3.05) is 4.43 Å². The zero-order chi connectivity index (χ0) is 10.8. The fourth-order valence-corrected chi connectivity index (χ4v) is 2.93. The van der Waals surface area contributed by atoms with Crippen LogP contribution < -0.4 is 0 Å². The van der Waals surface area contributed by atoms with Crippen molar-refractivity contribution in [2.45, 2.75) is 31.5 Å². The molecule has 1 aliphatic heterocycles. The van der Waals surface area contributed by atoms with E-state index in [1.54, 1.807) is 6.20 Å². The Morgan fingerprint density at radius 2 is 2.47 bits per heavy atom. The molecule has 0 saturated carbocycles. The maximum Gasteiger partial charge on any atom is 0.101 e. The van der Waals surface area contributed by atoms with Crippen LogP contribution in [-0.4, -0.2) is 20.3 Å². The number of rotatable bonds is 2. The molecule has 0 aliphatic carbocycles. The first-order valence-electron chi connectivity index (χ1n) is 5.11. The van der Waals surface area contributed by atoms with Crippen LogP contribution in [-0.2, 0) is 11.8 Å². The highest BCUT2D eigenvalue weighted by Crippen LogP contribution is 2.34. The van der Waals surface area contributed by atoms with E-state index >= 15 is 0 Å². The third kappa shape index (κ3) is 2.47. The Morgan fingerprint density at radius 3 is 3.07 bits per heavy atom. The fourth-order valence-electron chi connectivity index (χ4n) is 2.00. The molecule has 0 spiro atoms. The van der Waals surface area contributed by atoms with E-state index in [2.05, 4.69) is 27.7 Å². The summed E-state index contributed by atoms with van der Waals surface area (Å²) in [6.45, 7) is 0. The molecule has 0 bridgehead atoms. The van der Waals surface area contributed by atoms with E-state index in [0.717, 1.165) is 28.0 Å². The molecule has 1 fully saturated rings. The Kier molecular flexibility index (Phi) is 3.90. The molecule has 2 unspecified atom stereocenters. The van der Waals surface area contributed by atoms with Crippen LogP contribution in [0.3, 0.4) is 0 Å². The zero-order valence-electron chi connectivity index (χ0n) is 8.62. The summed E-state index contributed by atoms with van der Waals surface area (Å²) >= 11 is 8.48. The van der Waals surface area contributed by atoms with Gasteiger partial charge in [-0.1, -0.05) is 34.2 Å². The molecule has 3 nitrogen and oxygen atoms in total. The average Bonchev–Trinajstić information content (AvgIpc) is 2.59. The third-order valence-corrected chi connectivity index (χ3v) is 4.04. The molecule has 1 aromatic heterocycles. The molecule has 0 radical (unpaired) electrons. The molecule has 1 aliphatic rings. The Bertz CT molecular complexity index is 323. The van der Waals surface area contributed by atoms with E-state index in [1.165, 1.54) is 6.42 Å². The number of aryl methyl sites for hydroxylation is 1. The lowest BCUT2D eigenvalue weighted by Gasteiger charge is -2.29. The Balaban J connectivity index is 2.16. The highest BCUT2D eigenvalue weighted by atomic mass is 127. The predicted octanol–water partition coefficient (Wildman–Crippen LogP) is 3.12. The minimum Gasteiger partial charge on any atom is -0.368 e. The molecule has 2 heterocycles. The standard InChI is InChI=1S/C10H14ClIN2O/c1-14-10(8(11)6-13-14)9-4-2-3-7(5-12)15-9/h6-7,9H,2-5H2,1H3. The van der Waals surface area contributed by atoms with E-state index < -0.39 is 0 Å². The molecular weight excluding hydrogens is 326 g/mol. The SMILES string of the molecule is Cn1ncc(Cl)c1C1CCCC(CI)O1. The van der Waals surface area contributed by atoms with Gasteiger partial charge in [0.2, 0.25) is 0 Å². The van der Waals surface area contributed by atoms with Crippen LogP contribution in [0.4, 0.5) is 0 Å². The second kappa shape index (κ2) is 5.01. The minimum atomic E-state index is 0.124. The molecule has 1 aromatic rings. The summed E-state index contributed by atoms with van der Waals surface area (Å²) in [6.07, 6.45) is 5.60. The highest BCUT2D eigenvalue weighted by molar-refractivity contribution is 14.1. The second-order valence-electron chi connectivity index (χ2n) is 3.83. The maximum atomic E-state index is 6.10. The predicted molar refractivity (Wildman–Crippen MR) is 68.6 cm³/mol. The minimum absolute atomic E-state index is 0.124. The van der Waals surface area contributed by atoms with Crippen molar-refractivity contribution in [3.63, 3.8) is 0 Å². The van der Waals surface area contributed by atoms with Crippen molar-refractivity contribution in [3.05, 3.63) is 16.9 Å². The molecule has 2 rings (SSSR count). The van der Waals surface area contributed by atoms with Crippen molar-refractivity contribution < 1.29 is 4.74 Å². The molecule has 0 aromatic carbocycles. The molecule has 1 saturated heterocycles. The van der Waals surface area contributed by atoms with Gasteiger partial charge in [0, 0.05) is 11.5 Å². The van der Waals surface area contributed by atoms with E-state index in [1.807, 2.05) is 11.7 Å². The number of hydrogen-bond donors (Lipinski definition) is 0. The quantitative estimate of drug-likeness (QED) is 0.611. The van der Waals surface area contributed by atoms with Crippen LogP contribution >= 0.6 is 34.2 Å². The van der Waals surface area contributed by atoms with Gasteiger partial charge >= 0.3 is 0 Å². The average molecular weight is 341 g/mol. The summed E-state index contributed by atoms with van der Waals surface area (Å²) < 4.78 is 8.86. The Labute approximate surface area is 108 Å². The van der Waals surface area contributed by atoms with Crippen LogP contribution in [0.25, 0.3) is 0 Å². The van der Waals surface area contributed by atoms with E-state index in [0.29, 0.717) is 6.10 Å².